The zero-order chi connectivity index (χ0) is 20.9. The van der Waals surface area contributed by atoms with Gasteiger partial charge in [0.2, 0.25) is 0 Å². The van der Waals surface area contributed by atoms with E-state index in [1.807, 2.05) is 31.2 Å². The number of nitrogen functional groups attached to an aromatic ring is 1. The summed E-state index contributed by atoms with van der Waals surface area (Å²) in [7, 11) is 0. The number of carbonyl (C=O) groups excluding carboxylic acids is 1. The molecule has 8 nitrogen and oxygen atoms in total. The minimum Gasteiger partial charge on any atom is -0.494 e. The zero-order valence-corrected chi connectivity index (χ0v) is 16.3. The van der Waals surface area contributed by atoms with Crippen LogP contribution in [-0.4, -0.2) is 37.2 Å². The Morgan fingerprint density at radius 3 is 2.55 bits per heavy atom. The zero-order valence-electron chi connectivity index (χ0n) is 16.3. The highest BCUT2D eigenvalue weighted by molar-refractivity contribution is 5.95. The lowest BCUT2D eigenvalue weighted by Gasteiger charge is -2.38. The first-order chi connectivity index (χ1) is 13.9. The molecule has 0 saturated carbocycles. The molecule has 2 aromatic rings. The molecule has 0 bridgehead atoms. The largest absolute Gasteiger partial charge is 0.494 e. The molecule has 8 heteroatoms. The highest BCUT2D eigenvalue weighted by Crippen LogP contribution is 2.35. The molecule has 1 fully saturated rings. The normalized spacial score (nSPS) is 15.5. The summed E-state index contributed by atoms with van der Waals surface area (Å²) in [6.45, 7) is 4.15. The monoisotopic (exact) mass is 399 g/mol. The summed E-state index contributed by atoms with van der Waals surface area (Å²) >= 11 is 0. The van der Waals surface area contributed by atoms with Crippen LogP contribution in [0.25, 0.3) is 0 Å². The molecule has 0 radical (unpaired) electrons. The SMILES string of the molecule is CCOc1ccc(C2(CNC(=O)c3ccc(N)c([N+](=O)[O-])c3)CCOCC2)cc1. The second-order valence-corrected chi connectivity index (χ2v) is 7.06. The Morgan fingerprint density at radius 2 is 1.93 bits per heavy atom. The van der Waals surface area contributed by atoms with E-state index < -0.39 is 4.92 Å². The van der Waals surface area contributed by atoms with Crippen molar-refractivity contribution in [2.75, 3.05) is 32.1 Å². The maximum absolute atomic E-state index is 12.7. The third-order valence-corrected chi connectivity index (χ3v) is 5.30. The lowest BCUT2D eigenvalue weighted by Crippen LogP contribution is -2.44. The minimum absolute atomic E-state index is 0.0295. The fourth-order valence-electron chi connectivity index (χ4n) is 3.60. The standard InChI is InChI=1S/C21H25N3O5/c1-2-29-17-6-4-16(5-7-17)21(9-11-28-12-10-21)14-23-20(25)15-3-8-18(22)19(13-15)24(26)27/h3-8,13H,2,9-12,14,22H2,1H3,(H,23,25). The fraction of sp³-hybridized carbons (Fsp3) is 0.381. The number of nitrogens with zero attached hydrogens (tertiary/aromatic N) is 1. The Kier molecular flexibility index (Phi) is 6.33. The highest BCUT2D eigenvalue weighted by atomic mass is 16.6. The number of carbonyl (C=O) groups is 1. The molecule has 1 amide bonds. The molecule has 0 spiro atoms. The van der Waals surface area contributed by atoms with Crippen LogP contribution >= 0.6 is 0 Å². The van der Waals surface area contributed by atoms with Crippen molar-refractivity contribution < 1.29 is 19.2 Å². The Bertz CT molecular complexity index is 876. The van der Waals surface area contributed by atoms with Gasteiger partial charge < -0.3 is 20.5 Å². The summed E-state index contributed by atoms with van der Waals surface area (Å²) in [4.78, 5) is 23.2. The van der Waals surface area contributed by atoms with Crippen molar-refractivity contribution in [1.29, 1.82) is 0 Å². The number of ether oxygens (including phenoxy) is 2. The van der Waals surface area contributed by atoms with E-state index in [0.717, 1.165) is 24.2 Å². The van der Waals surface area contributed by atoms with E-state index in [1.165, 1.54) is 18.2 Å². The van der Waals surface area contributed by atoms with E-state index in [9.17, 15) is 14.9 Å². The van der Waals surface area contributed by atoms with E-state index in [2.05, 4.69) is 5.32 Å². The van der Waals surface area contributed by atoms with Crippen molar-refractivity contribution >= 4 is 17.3 Å². The van der Waals surface area contributed by atoms with Crippen LogP contribution in [0.1, 0.15) is 35.7 Å². The predicted octanol–water partition coefficient (Wildman–Crippen LogP) is 3.05. The minimum atomic E-state index is -0.591. The van der Waals surface area contributed by atoms with Gasteiger partial charge in [-0.2, -0.15) is 0 Å². The average molecular weight is 399 g/mol. The Morgan fingerprint density at radius 1 is 1.24 bits per heavy atom. The summed E-state index contributed by atoms with van der Waals surface area (Å²) in [5.74, 6) is 0.432. The van der Waals surface area contributed by atoms with E-state index in [0.29, 0.717) is 26.4 Å². The molecule has 3 N–H and O–H groups in total. The summed E-state index contributed by atoms with van der Waals surface area (Å²) in [5, 5.41) is 14.0. The van der Waals surface area contributed by atoms with Crippen LogP contribution in [0.5, 0.6) is 5.75 Å². The fourth-order valence-corrected chi connectivity index (χ4v) is 3.60. The molecule has 29 heavy (non-hydrogen) atoms. The molecule has 0 aromatic heterocycles. The molecule has 0 aliphatic carbocycles. The van der Waals surface area contributed by atoms with Gasteiger partial charge in [-0.1, -0.05) is 12.1 Å². The third-order valence-electron chi connectivity index (χ3n) is 5.30. The summed E-state index contributed by atoms with van der Waals surface area (Å²) < 4.78 is 11.0. The van der Waals surface area contributed by atoms with Crippen molar-refractivity contribution in [2.24, 2.45) is 0 Å². The van der Waals surface area contributed by atoms with E-state index in [4.69, 9.17) is 15.2 Å². The van der Waals surface area contributed by atoms with Crippen molar-refractivity contribution in [3.63, 3.8) is 0 Å². The molecule has 2 aromatic carbocycles. The number of hydrogen-bond acceptors (Lipinski definition) is 6. The lowest BCUT2D eigenvalue weighted by atomic mass is 9.74. The molecule has 1 aliphatic rings. The second-order valence-electron chi connectivity index (χ2n) is 7.06. The van der Waals surface area contributed by atoms with Crippen LogP contribution in [0.3, 0.4) is 0 Å². The van der Waals surface area contributed by atoms with Crippen molar-refractivity contribution in [3.8, 4) is 5.75 Å². The number of anilines is 1. The van der Waals surface area contributed by atoms with Gasteiger partial charge in [0, 0.05) is 36.8 Å². The molecular formula is C21H25N3O5. The van der Waals surface area contributed by atoms with Crippen LogP contribution in [-0.2, 0) is 10.2 Å². The number of nitro groups is 1. The van der Waals surface area contributed by atoms with Crippen molar-refractivity contribution in [1.82, 2.24) is 5.32 Å². The number of hydrogen-bond donors (Lipinski definition) is 2. The maximum atomic E-state index is 12.7. The number of nitrogens with one attached hydrogen (secondary N) is 1. The smallest absolute Gasteiger partial charge is 0.292 e. The first-order valence-corrected chi connectivity index (χ1v) is 9.58. The van der Waals surface area contributed by atoms with Gasteiger partial charge in [0.05, 0.1) is 11.5 Å². The first-order valence-electron chi connectivity index (χ1n) is 9.58. The molecule has 3 rings (SSSR count). The van der Waals surface area contributed by atoms with E-state index in [1.54, 1.807) is 0 Å². The average Bonchev–Trinajstić information content (AvgIpc) is 2.73. The van der Waals surface area contributed by atoms with Crippen molar-refractivity contribution in [2.45, 2.75) is 25.2 Å². The first kappa shape index (κ1) is 20.6. The summed E-state index contributed by atoms with van der Waals surface area (Å²) in [5.41, 5.74) is 6.42. The maximum Gasteiger partial charge on any atom is 0.292 e. The van der Waals surface area contributed by atoms with Gasteiger partial charge in [0.25, 0.3) is 11.6 Å². The van der Waals surface area contributed by atoms with Gasteiger partial charge in [0.15, 0.2) is 0 Å². The summed E-state index contributed by atoms with van der Waals surface area (Å²) in [6.07, 6.45) is 1.53. The molecule has 154 valence electrons. The van der Waals surface area contributed by atoms with Crippen LogP contribution in [0.2, 0.25) is 0 Å². The Balaban J connectivity index is 1.78. The van der Waals surface area contributed by atoms with Crippen LogP contribution in [0, 0.1) is 10.1 Å². The van der Waals surface area contributed by atoms with Crippen LogP contribution < -0.4 is 15.8 Å². The quantitative estimate of drug-likeness (QED) is 0.420. The molecule has 1 saturated heterocycles. The van der Waals surface area contributed by atoms with Gasteiger partial charge in [-0.05, 0) is 49.6 Å². The van der Waals surface area contributed by atoms with Crippen LogP contribution in [0.4, 0.5) is 11.4 Å². The second kappa shape index (κ2) is 8.91. The van der Waals surface area contributed by atoms with Gasteiger partial charge >= 0.3 is 0 Å². The van der Waals surface area contributed by atoms with Gasteiger partial charge in [-0.3, -0.25) is 14.9 Å². The molecular weight excluding hydrogens is 374 g/mol. The number of rotatable bonds is 7. The topological polar surface area (TPSA) is 117 Å². The Hall–Kier alpha value is -3.13. The number of nitrogens with two attached hydrogens (primary N) is 1. The van der Waals surface area contributed by atoms with E-state index in [-0.39, 0.29) is 28.3 Å². The lowest BCUT2D eigenvalue weighted by molar-refractivity contribution is -0.383. The molecule has 1 aliphatic heterocycles. The van der Waals surface area contributed by atoms with Gasteiger partial charge in [0.1, 0.15) is 11.4 Å². The number of nitro benzene ring substituents is 1. The van der Waals surface area contributed by atoms with Crippen molar-refractivity contribution in [3.05, 3.63) is 63.7 Å². The van der Waals surface area contributed by atoms with E-state index >= 15 is 0 Å². The highest BCUT2D eigenvalue weighted by Gasteiger charge is 2.35. The molecule has 0 atom stereocenters. The predicted molar refractivity (Wildman–Crippen MR) is 109 cm³/mol. The Labute approximate surface area is 169 Å². The molecule has 0 unspecified atom stereocenters. The third kappa shape index (κ3) is 4.65. The van der Waals surface area contributed by atoms with Gasteiger partial charge in [-0.15, -0.1) is 0 Å². The summed E-state index contributed by atoms with van der Waals surface area (Å²) in [6, 6.07) is 12.0. The number of amides is 1. The number of benzene rings is 2. The van der Waals surface area contributed by atoms with Gasteiger partial charge in [-0.25, -0.2) is 0 Å². The van der Waals surface area contributed by atoms with Crippen LogP contribution in [0.15, 0.2) is 42.5 Å². The molecule has 1 heterocycles.